The van der Waals surface area contributed by atoms with Crippen LogP contribution >= 0.6 is 0 Å². The number of methoxy groups -OCH3 is 1. The number of nitrogens with two attached hydrogens (primary N) is 1. The molecule has 10 heavy (non-hydrogen) atoms. The van der Waals surface area contributed by atoms with Crippen LogP contribution in [0.1, 0.15) is 13.8 Å². The largest absolute Gasteiger partial charge is 0.466 e. The average Bonchev–Trinajstić information content (AvgIpc) is 1.88. The summed E-state index contributed by atoms with van der Waals surface area (Å²) < 4.78 is 4.49. The predicted molar refractivity (Wildman–Crippen MR) is 39.4 cm³/mol. The van der Waals surface area contributed by atoms with E-state index in [9.17, 15) is 4.79 Å². The van der Waals surface area contributed by atoms with Crippen LogP contribution < -0.4 is 5.73 Å². The molecule has 0 radical (unpaired) electrons. The Bertz CT molecular complexity index is 157. The summed E-state index contributed by atoms with van der Waals surface area (Å²) >= 11 is 0. The SMILES string of the molecule is COC(=O)C(CN)=C(C)C. The van der Waals surface area contributed by atoms with E-state index in [0.717, 1.165) is 5.57 Å². The lowest BCUT2D eigenvalue weighted by Gasteiger charge is -2.02. The first-order valence-corrected chi connectivity index (χ1v) is 3.08. The lowest BCUT2D eigenvalue weighted by molar-refractivity contribution is -0.136. The van der Waals surface area contributed by atoms with Crippen molar-refractivity contribution in [2.24, 2.45) is 5.73 Å². The van der Waals surface area contributed by atoms with Crippen molar-refractivity contribution in [3.05, 3.63) is 11.1 Å². The van der Waals surface area contributed by atoms with E-state index >= 15 is 0 Å². The monoisotopic (exact) mass is 143 g/mol. The molecule has 0 fully saturated rings. The molecule has 0 aromatic carbocycles. The third-order valence-corrected chi connectivity index (χ3v) is 1.24. The van der Waals surface area contributed by atoms with Crippen molar-refractivity contribution in [3.63, 3.8) is 0 Å². The zero-order valence-corrected chi connectivity index (χ0v) is 6.60. The zero-order chi connectivity index (χ0) is 8.15. The molecule has 0 spiro atoms. The van der Waals surface area contributed by atoms with Crippen molar-refractivity contribution < 1.29 is 9.53 Å². The molecule has 3 nitrogen and oxygen atoms in total. The Kier molecular flexibility index (Phi) is 3.72. The fraction of sp³-hybridized carbons (Fsp3) is 0.571. The van der Waals surface area contributed by atoms with E-state index in [0.29, 0.717) is 5.57 Å². The van der Waals surface area contributed by atoms with Crippen LogP contribution in [0.4, 0.5) is 0 Å². The van der Waals surface area contributed by atoms with Gasteiger partial charge in [-0.1, -0.05) is 5.57 Å². The van der Waals surface area contributed by atoms with Crippen LogP contribution in [-0.2, 0) is 9.53 Å². The van der Waals surface area contributed by atoms with E-state index in [1.165, 1.54) is 7.11 Å². The van der Waals surface area contributed by atoms with E-state index in [2.05, 4.69) is 4.74 Å². The zero-order valence-electron chi connectivity index (χ0n) is 6.60. The van der Waals surface area contributed by atoms with E-state index in [-0.39, 0.29) is 12.5 Å². The molecule has 0 saturated carbocycles. The van der Waals surface area contributed by atoms with Gasteiger partial charge >= 0.3 is 5.97 Å². The van der Waals surface area contributed by atoms with Gasteiger partial charge in [-0.25, -0.2) is 4.79 Å². The average molecular weight is 143 g/mol. The maximum Gasteiger partial charge on any atom is 0.334 e. The highest BCUT2D eigenvalue weighted by Crippen LogP contribution is 2.02. The highest BCUT2D eigenvalue weighted by atomic mass is 16.5. The van der Waals surface area contributed by atoms with Crippen LogP contribution in [0.15, 0.2) is 11.1 Å². The number of allylic oxidation sites excluding steroid dienone is 1. The Balaban J connectivity index is 4.37. The van der Waals surface area contributed by atoms with Crippen LogP contribution in [0.2, 0.25) is 0 Å². The maximum atomic E-state index is 10.8. The molecule has 0 heterocycles. The van der Waals surface area contributed by atoms with Crippen molar-refractivity contribution >= 4 is 5.97 Å². The first-order chi connectivity index (χ1) is 4.63. The summed E-state index contributed by atoms with van der Waals surface area (Å²) in [6.45, 7) is 3.91. The molecule has 0 amide bonds. The molecule has 0 rings (SSSR count). The fourth-order valence-electron chi connectivity index (χ4n) is 0.615. The lowest BCUT2D eigenvalue weighted by atomic mass is 10.1. The van der Waals surface area contributed by atoms with Gasteiger partial charge in [0.1, 0.15) is 0 Å². The van der Waals surface area contributed by atoms with Gasteiger partial charge < -0.3 is 10.5 Å². The van der Waals surface area contributed by atoms with Gasteiger partial charge in [-0.3, -0.25) is 0 Å². The predicted octanol–water partition coefficient (Wildman–Crippen LogP) is 0.454. The molecule has 0 saturated heterocycles. The Labute approximate surface area is 60.9 Å². The number of carbonyl (C=O) groups is 1. The first-order valence-electron chi connectivity index (χ1n) is 3.08. The Morgan fingerprint density at radius 1 is 1.50 bits per heavy atom. The van der Waals surface area contributed by atoms with Gasteiger partial charge in [-0.2, -0.15) is 0 Å². The minimum atomic E-state index is -0.331. The molecular weight excluding hydrogens is 130 g/mol. The van der Waals surface area contributed by atoms with E-state index in [1.807, 2.05) is 13.8 Å². The number of esters is 1. The fourth-order valence-corrected chi connectivity index (χ4v) is 0.615. The molecule has 3 heteroatoms. The standard InChI is InChI=1S/C7H13NO2/c1-5(2)6(4-8)7(9)10-3/h4,8H2,1-3H3. The topological polar surface area (TPSA) is 52.3 Å². The first kappa shape index (κ1) is 9.17. The molecule has 0 bridgehead atoms. The lowest BCUT2D eigenvalue weighted by Crippen LogP contribution is -2.15. The highest BCUT2D eigenvalue weighted by molar-refractivity contribution is 5.89. The quantitative estimate of drug-likeness (QED) is 0.451. The molecule has 0 aliphatic carbocycles. The number of hydrogen-bond donors (Lipinski definition) is 1. The van der Waals surface area contributed by atoms with Crippen LogP contribution in [0.3, 0.4) is 0 Å². The molecule has 58 valence electrons. The second kappa shape index (κ2) is 4.06. The Hall–Kier alpha value is -0.830. The van der Waals surface area contributed by atoms with Crippen LogP contribution in [-0.4, -0.2) is 19.6 Å². The van der Waals surface area contributed by atoms with Gasteiger partial charge in [0.2, 0.25) is 0 Å². The van der Waals surface area contributed by atoms with E-state index in [4.69, 9.17) is 5.73 Å². The molecule has 0 aromatic rings. The van der Waals surface area contributed by atoms with Gasteiger partial charge in [-0.15, -0.1) is 0 Å². The van der Waals surface area contributed by atoms with Gasteiger partial charge in [0.05, 0.1) is 7.11 Å². The number of hydrogen-bond acceptors (Lipinski definition) is 3. The summed E-state index contributed by atoms with van der Waals surface area (Å²) in [5.41, 5.74) is 6.76. The third-order valence-electron chi connectivity index (χ3n) is 1.24. The van der Waals surface area contributed by atoms with Gasteiger partial charge in [0.25, 0.3) is 0 Å². The van der Waals surface area contributed by atoms with Crippen molar-refractivity contribution in [1.82, 2.24) is 0 Å². The molecule has 0 unspecified atom stereocenters. The van der Waals surface area contributed by atoms with Crippen molar-refractivity contribution in [2.75, 3.05) is 13.7 Å². The van der Waals surface area contributed by atoms with Gasteiger partial charge in [0.15, 0.2) is 0 Å². The van der Waals surface area contributed by atoms with Crippen LogP contribution in [0.25, 0.3) is 0 Å². The second-order valence-electron chi connectivity index (χ2n) is 2.17. The number of rotatable bonds is 2. The van der Waals surface area contributed by atoms with Gasteiger partial charge in [-0.05, 0) is 13.8 Å². The smallest absolute Gasteiger partial charge is 0.334 e. The normalized spacial score (nSPS) is 8.80. The molecule has 0 aliphatic heterocycles. The summed E-state index contributed by atoms with van der Waals surface area (Å²) in [7, 11) is 1.35. The number of ether oxygens (including phenoxy) is 1. The molecular formula is C7H13NO2. The van der Waals surface area contributed by atoms with Gasteiger partial charge in [0, 0.05) is 12.1 Å². The van der Waals surface area contributed by atoms with Crippen molar-refractivity contribution in [1.29, 1.82) is 0 Å². The van der Waals surface area contributed by atoms with E-state index in [1.54, 1.807) is 0 Å². The molecule has 0 aliphatic rings. The maximum absolute atomic E-state index is 10.8. The second-order valence-corrected chi connectivity index (χ2v) is 2.17. The Morgan fingerprint density at radius 2 is 2.00 bits per heavy atom. The van der Waals surface area contributed by atoms with E-state index < -0.39 is 0 Å². The summed E-state index contributed by atoms with van der Waals surface area (Å²) in [5, 5.41) is 0. The summed E-state index contributed by atoms with van der Waals surface area (Å²) in [6.07, 6.45) is 0. The third kappa shape index (κ3) is 2.19. The Morgan fingerprint density at radius 3 is 2.10 bits per heavy atom. The molecule has 0 atom stereocenters. The van der Waals surface area contributed by atoms with Crippen LogP contribution in [0.5, 0.6) is 0 Å². The number of carbonyl (C=O) groups excluding carboxylic acids is 1. The highest BCUT2D eigenvalue weighted by Gasteiger charge is 2.07. The van der Waals surface area contributed by atoms with Crippen LogP contribution in [0, 0.1) is 0 Å². The minimum absolute atomic E-state index is 0.245. The molecule has 2 N–H and O–H groups in total. The van der Waals surface area contributed by atoms with Crippen molar-refractivity contribution in [3.8, 4) is 0 Å². The van der Waals surface area contributed by atoms with Crippen molar-refractivity contribution in [2.45, 2.75) is 13.8 Å². The minimum Gasteiger partial charge on any atom is -0.466 e. The summed E-state index contributed by atoms with van der Waals surface area (Å²) in [5.74, 6) is -0.331. The summed E-state index contributed by atoms with van der Waals surface area (Å²) in [6, 6.07) is 0. The summed E-state index contributed by atoms with van der Waals surface area (Å²) in [4.78, 5) is 10.8. The molecule has 0 aromatic heterocycles.